The van der Waals surface area contributed by atoms with E-state index in [1.807, 2.05) is 35.1 Å². The van der Waals surface area contributed by atoms with Gasteiger partial charge in [-0.2, -0.15) is 5.10 Å². The first kappa shape index (κ1) is 24.8. The number of aryl methyl sites for hydroxylation is 1. The zero-order valence-corrected chi connectivity index (χ0v) is 22.0. The molecule has 1 saturated heterocycles. The molecule has 1 atom stereocenters. The number of aromatic nitrogens is 6. The third-order valence-electron chi connectivity index (χ3n) is 6.50. The van der Waals surface area contributed by atoms with Crippen molar-refractivity contribution in [3.05, 3.63) is 54.7 Å². The quantitative estimate of drug-likeness (QED) is 0.421. The van der Waals surface area contributed by atoms with Gasteiger partial charge in [-0.1, -0.05) is 33.8 Å². The van der Waals surface area contributed by atoms with Crippen molar-refractivity contribution >= 4 is 22.6 Å². The summed E-state index contributed by atoms with van der Waals surface area (Å²) in [4.78, 5) is 33.3. The van der Waals surface area contributed by atoms with E-state index in [4.69, 9.17) is 4.98 Å². The number of carbonyl (C=O) groups excluding carboxylic acids is 1. The molecule has 0 aromatic carbocycles. The normalized spacial score (nSPS) is 16.2. The minimum atomic E-state index is -0.0262. The van der Waals surface area contributed by atoms with Crippen molar-refractivity contribution in [2.45, 2.75) is 59.4 Å². The standard InChI is InChI=1S/C28H34N8O/c1-5-20-16-29-17-23(32-20)22-12-24-19(14-30-22)15-31-36(24)26-10-6-9-25(34-26)35-11-7-8-21(18-35)33-27(37)13-28(2,3)4/h6,9-10,12,14-17,21H,5,7-8,11,13,18H2,1-4H3,(H,33,37)/t21-/m0/s1. The molecule has 0 unspecified atom stereocenters. The molecule has 5 rings (SSSR count). The van der Waals surface area contributed by atoms with Crippen LogP contribution in [0.3, 0.4) is 0 Å². The summed E-state index contributed by atoms with van der Waals surface area (Å²) in [5.41, 5.74) is 3.30. The van der Waals surface area contributed by atoms with Gasteiger partial charge in [0.15, 0.2) is 5.82 Å². The molecular weight excluding hydrogens is 464 g/mol. The Morgan fingerprint density at radius 3 is 2.73 bits per heavy atom. The molecule has 0 aliphatic carbocycles. The molecule has 192 valence electrons. The van der Waals surface area contributed by atoms with E-state index in [0.717, 1.165) is 72.0 Å². The molecule has 0 saturated carbocycles. The lowest BCUT2D eigenvalue weighted by Crippen LogP contribution is -2.48. The van der Waals surface area contributed by atoms with E-state index in [-0.39, 0.29) is 17.4 Å². The fourth-order valence-corrected chi connectivity index (χ4v) is 4.71. The Hall–Kier alpha value is -3.88. The number of fused-ring (bicyclic) bond motifs is 1. The summed E-state index contributed by atoms with van der Waals surface area (Å²) in [5.74, 6) is 1.73. The van der Waals surface area contributed by atoms with E-state index < -0.39 is 0 Å². The molecule has 1 aliphatic heterocycles. The van der Waals surface area contributed by atoms with Gasteiger partial charge in [0.05, 0.1) is 29.3 Å². The maximum Gasteiger partial charge on any atom is 0.220 e. The summed E-state index contributed by atoms with van der Waals surface area (Å²) in [6.07, 6.45) is 10.5. The van der Waals surface area contributed by atoms with Crippen LogP contribution in [0, 0.1) is 5.41 Å². The number of carbonyl (C=O) groups is 1. The zero-order valence-electron chi connectivity index (χ0n) is 22.0. The number of amides is 1. The highest BCUT2D eigenvalue weighted by Crippen LogP contribution is 2.25. The predicted octanol–water partition coefficient (Wildman–Crippen LogP) is 4.36. The number of hydrogen-bond donors (Lipinski definition) is 1. The maximum absolute atomic E-state index is 12.5. The largest absolute Gasteiger partial charge is 0.354 e. The molecule has 0 radical (unpaired) electrons. The summed E-state index contributed by atoms with van der Waals surface area (Å²) < 4.78 is 1.84. The van der Waals surface area contributed by atoms with Gasteiger partial charge in [-0.3, -0.25) is 14.8 Å². The third-order valence-corrected chi connectivity index (χ3v) is 6.50. The predicted molar refractivity (Wildman–Crippen MR) is 145 cm³/mol. The summed E-state index contributed by atoms with van der Waals surface area (Å²) >= 11 is 0. The molecule has 4 aromatic heterocycles. The van der Waals surface area contributed by atoms with Gasteiger partial charge in [-0.15, -0.1) is 0 Å². The van der Waals surface area contributed by atoms with Crippen molar-refractivity contribution in [1.82, 2.24) is 35.0 Å². The Morgan fingerprint density at radius 2 is 1.92 bits per heavy atom. The van der Waals surface area contributed by atoms with Gasteiger partial charge in [-0.05, 0) is 42.9 Å². The minimum Gasteiger partial charge on any atom is -0.354 e. The average molecular weight is 499 g/mol. The molecule has 37 heavy (non-hydrogen) atoms. The Kier molecular flexibility index (Phi) is 6.86. The lowest BCUT2D eigenvalue weighted by molar-refractivity contribution is -0.123. The van der Waals surface area contributed by atoms with Crippen LogP contribution in [0.5, 0.6) is 0 Å². The van der Waals surface area contributed by atoms with Gasteiger partial charge < -0.3 is 10.2 Å². The smallest absolute Gasteiger partial charge is 0.220 e. The molecular formula is C28H34N8O. The lowest BCUT2D eigenvalue weighted by Gasteiger charge is -2.34. The monoisotopic (exact) mass is 498 g/mol. The molecule has 1 N–H and O–H groups in total. The Balaban J connectivity index is 1.38. The number of hydrogen-bond acceptors (Lipinski definition) is 7. The fourth-order valence-electron chi connectivity index (χ4n) is 4.71. The molecule has 5 heterocycles. The Labute approximate surface area is 217 Å². The third kappa shape index (κ3) is 5.76. The average Bonchev–Trinajstić information content (AvgIpc) is 3.31. The molecule has 9 nitrogen and oxygen atoms in total. The fraction of sp³-hybridized carbons (Fsp3) is 0.429. The minimum absolute atomic E-state index is 0.0262. The maximum atomic E-state index is 12.5. The Morgan fingerprint density at radius 1 is 1.08 bits per heavy atom. The molecule has 9 heteroatoms. The van der Waals surface area contributed by atoms with E-state index in [9.17, 15) is 4.79 Å². The van der Waals surface area contributed by atoms with Crippen molar-refractivity contribution in [2.24, 2.45) is 5.41 Å². The van der Waals surface area contributed by atoms with Crippen molar-refractivity contribution in [3.8, 4) is 17.2 Å². The first-order valence-electron chi connectivity index (χ1n) is 13.0. The van der Waals surface area contributed by atoms with Gasteiger partial charge in [-0.25, -0.2) is 14.6 Å². The highest BCUT2D eigenvalue weighted by molar-refractivity contribution is 5.82. The molecule has 0 spiro atoms. The number of anilines is 1. The van der Waals surface area contributed by atoms with E-state index in [2.05, 4.69) is 58.0 Å². The lowest BCUT2D eigenvalue weighted by atomic mass is 9.91. The Bertz CT molecular complexity index is 1410. The van der Waals surface area contributed by atoms with Crippen molar-refractivity contribution in [1.29, 1.82) is 0 Å². The zero-order chi connectivity index (χ0) is 26.0. The summed E-state index contributed by atoms with van der Waals surface area (Å²) in [7, 11) is 0. The van der Waals surface area contributed by atoms with Crippen molar-refractivity contribution in [3.63, 3.8) is 0 Å². The SMILES string of the molecule is CCc1cncc(-c2cc3c(cn2)cnn3-c2cccc(N3CCC[C@H](NC(=O)CC(C)(C)C)C3)n2)n1. The molecule has 1 aliphatic rings. The first-order valence-corrected chi connectivity index (χ1v) is 13.0. The van der Waals surface area contributed by atoms with Crippen LogP contribution in [0.4, 0.5) is 5.82 Å². The number of nitrogens with zero attached hydrogens (tertiary/aromatic N) is 7. The number of rotatable bonds is 6. The van der Waals surface area contributed by atoms with E-state index in [1.165, 1.54) is 0 Å². The van der Waals surface area contributed by atoms with Crippen LogP contribution in [0.25, 0.3) is 28.1 Å². The summed E-state index contributed by atoms with van der Waals surface area (Å²) in [5, 5.41) is 8.76. The second kappa shape index (κ2) is 10.2. The first-order chi connectivity index (χ1) is 17.8. The molecule has 1 fully saturated rings. The highest BCUT2D eigenvalue weighted by atomic mass is 16.1. The van der Waals surface area contributed by atoms with Crippen molar-refractivity contribution in [2.75, 3.05) is 18.0 Å². The van der Waals surface area contributed by atoms with E-state index in [0.29, 0.717) is 6.42 Å². The van der Waals surface area contributed by atoms with Gasteiger partial charge in [0, 0.05) is 43.3 Å². The number of pyridine rings is 2. The molecule has 4 aromatic rings. The van der Waals surface area contributed by atoms with Crippen LogP contribution in [-0.2, 0) is 11.2 Å². The van der Waals surface area contributed by atoms with Crippen LogP contribution in [0.15, 0.2) is 49.1 Å². The van der Waals surface area contributed by atoms with Crippen LogP contribution in [-0.4, -0.2) is 54.8 Å². The second-order valence-corrected chi connectivity index (χ2v) is 10.9. The number of nitrogens with one attached hydrogen (secondary N) is 1. The van der Waals surface area contributed by atoms with Crippen LogP contribution in [0.1, 0.15) is 52.7 Å². The molecule has 1 amide bonds. The van der Waals surface area contributed by atoms with Crippen LogP contribution in [0.2, 0.25) is 0 Å². The van der Waals surface area contributed by atoms with Gasteiger partial charge in [0.25, 0.3) is 0 Å². The van der Waals surface area contributed by atoms with E-state index in [1.54, 1.807) is 18.6 Å². The van der Waals surface area contributed by atoms with Crippen LogP contribution >= 0.6 is 0 Å². The summed E-state index contributed by atoms with van der Waals surface area (Å²) in [6.45, 7) is 9.96. The molecule has 0 bridgehead atoms. The van der Waals surface area contributed by atoms with Crippen LogP contribution < -0.4 is 10.2 Å². The van der Waals surface area contributed by atoms with E-state index >= 15 is 0 Å². The highest BCUT2D eigenvalue weighted by Gasteiger charge is 2.24. The van der Waals surface area contributed by atoms with Gasteiger partial charge in [0.2, 0.25) is 5.91 Å². The summed E-state index contributed by atoms with van der Waals surface area (Å²) in [6, 6.07) is 8.09. The van der Waals surface area contributed by atoms with Crippen molar-refractivity contribution < 1.29 is 4.79 Å². The number of piperidine rings is 1. The topological polar surface area (TPSA) is 102 Å². The van der Waals surface area contributed by atoms with Gasteiger partial charge in [0.1, 0.15) is 11.5 Å². The van der Waals surface area contributed by atoms with Gasteiger partial charge >= 0.3 is 0 Å². The second-order valence-electron chi connectivity index (χ2n) is 10.9.